The maximum absolute atomic E-state index is 5.14. The monoisotopic (exact) mass is 248 g/mol. The zero-order valence-electron chi connectivity index (χ0n) is 10.1. The Morgan fingerprint density at radius 1 is 1.29 bits per heavy atom. The first-order valence-electron chi connectivity index (χ1n) is 5.52. The van der Waals surface area contributed by atoms with E-state index in [0.717, 1.165) is 17.2 Å². The predicted molar refractivity (Wildman–Crippen MR) is 71.0 cm³/mol. The molecule has 4 heteroatoms. The largest absolute Gasteiger partial charge is 0.378 e. The Balaban J connectivity index is 2.37. The van der Waals surface area contributed by atoms with Crippen molar-refractivity contribution in [1.29, 1.82) is 0 Å². The number of hydrogen-bond donors (Lipinski definition) is 1. The van der Waals surface area contributed by atoms with Gasteiger partial charge in [-0.2, -0.15) is 0 Å². The van der Waals surface area contributed by atoms with E-state index >= 15 is 0 Å². The van der Waals surface area contributed by atoms with Crippen molar-refractivity contribution >= 4 is 11.3 Å². The first-order valence-corrected chi connectivity index (χ1v) is 6.34. The molecular weight excluding hydrogens is 232 g/mol. The third-order valence-corrected chi connectivity index (χ3v) is 3.51. The van der Waals surface area contributed by atoms with Crippen LogP contribution in [0.25, 0.3) is 10.4 Å². The number of nitrogens with one attached hydrogen (secondary N) is 1. The first kappa shape index (κ1) is 12.2. The molecule has 0 spiro atoms. The van der Waals surface area contributed by atoms with Crippen molar-refractivity contribution in [3.8, 4) is 10.4 Å². The molecule has 0 radical (unpaired) electrons. The fourth-order valence-corrected chi connectivity index (χ4v) is 2.75. The fourth-order valence-electron chi connectivity index (χ4n) is 1.69. The number of rotatable bonds is 5. The number of ether oxygens (including phenoxy) is 1. The van der Waals surface area contributed by atoms with Crippen LogP contribution >= 0.6 is 11.3 Å². The Morgan fingerprint density at radius 2 is 2.06 bits per heavy atom. The molecule has 3 nitrogen and oxygen atoms in total. The van der Waals surface area contributed by atoms with Gasteiger partial charge in [-0.25, -0.2) is 4.98 Å². The van der Waals surface area contributed by atoms with E-state index < -0.39 is 0 Å². The lowest BCUT2D eigenvalue weighted by molar-refractivity contribution is 0.184. The molecule has 0 bridgehead atoms. The first-order chi connectivity index (χ1) is 8.35. The summed E-state index contributed by atoms with van der Waals surface area (Å²) in [6.07, 6.45) is 0. The van der Waals surface area contributed by atoms with Gasteiger partial charge in [0.15, 0.2) is 0 Å². The summed E-state index contributed by atoms with van der Waals surface area (Å²) < 4.78 is 5.14. The molecule has 0 saturated heterocycles. The van der Waals surface area contributed by atoms with Gasteiger partial charge < -0.3 is 10.1 Å². The van der Waals surface area contributed by atoms with Gasteiger partial charge in [0, 0.05) is 13.7 Å². The van der Waals surface area contributed by atoms with Gasteiger partial charge >= 0.3 is 0 Å². The van der Waals surface area contributed by atoms with Crippen LogP contribution < -0.4 is 5.32 Å². The molecule has 1 aromatic heterocycles. The molecule has 0 saturated carbocycles. The van der Waals surface area contributed by atoms with E-state index in [9.17, 15) is 0 Å². The summed E-state index contributed by atoms with van der Waals surface area (Å²) in [6, 6.07) is 10.4. The predicted octanol–water partition coefficient (Wildman–Crippen LogP) is 2.68. The van der Waals surface area contributed by atoms with Crippen LogP contribution in [-0.2, 0) is 17.9 Å². The Labute approximate surface area is 105 Å². The quantitative estimate of drug-likeness (QED) is 0.883. The topological polar surface area (TPSA) is 34.2 Å². The van der Waals surface area contributed by atoms with Gasteiger partial charge in [0.2, 0.25) is 0 Å². The molecule has 0 atom stereocenters. The Hall–Kier alpha value is -1.23. The van der Waals surface area contributed by atoms with E-state index in [2.05, 4.69) is 22.4 Å². The standard InChI is InChI=1S/C13H16N2OS/c1-14-8-11-13(10-6-4-3-5-7-10)17-12(15-11)9-16-2/h3-7,14H,8-9H2,1-2H3. The number of hydrogen-bond acceptors (Lipinski definition) is 4. The van der Waals surface area contributed by atoms with E-state index in [1.807, 2.05) is 25.2 Å². The van der Waals surface area contributed by atoms with Gasteiger partial charge in [0.05, 0.1) is 17.2 Å². The molecule has 0 aliphatic carbocycles. The summed E-state index contributed by atoms with van der Waals surface area (Å²) in [6.45, 7) is 1.36. The van der Waals surface area contributed by atoms with Gasteiger partial charge in [-0.05, 0) is 12.6 Å². The summed E-state index contributed by atoms with van der Waals surface area (Å²) in [5.41, 5.74) is 2.31. The SMILES string of the molecule is CNCc1nc(COC)sc1-c1ccccc1. The van der Waals surface area contributed by atoms with Gasteiger partial charge in [0.1, 0.15) is 5.01 Å². The lowest BCUT2D eigenvalue weighted by Gasteiger charge is -2.00. The van der Waals surface area contributed by atoms with Crippen LogP contribution in [-0.4, -0.2) is 19.1 Å². The maximum atomic E-state index is 5.14. The minimum absolute atomic E-state index is 0.578. The van der Waals surface area contributed by atoms with Crippen molar-refractivity contribution in [3.63, 3.8) is 0 Å². The summed E-state index contributed by atoms with van der Waals surface area (Å²) in [5.74, 6) is 0. The molecule has 0 amide bonds. The molecular formula is C13H16N2OS. The van der Waals surface area contributed by atoms with E-state index in [4.69, 9.17) is 4.74 Å². The average Bonchev–Trinajstić information content (AvgIpc) is 2.74. The van der Waals surface area contributed by atoms with Crippen LogP contribution in [0.1, 0.15) is 10.7 Å². The van der Waals surface area contributed by atoms with Crippen molar-refractivity contribution in [3.05, 3.63) is 41.0 Å². The summed E-state index contributed by atoms with van der Waals surface area (Å²) >= 11 is 1.70. The van der Waals surface area contributed by atoms with Gasteiger partial charge in [-0.15, -0.1) is 11.3 Å². The summed E-state index contributed by atoms with van der Waals surface area (Å²) in [5, 5.41) is 4.18. The molecule has 1 aromatic carbocycles. The Kier molecular flexibility index (Phi) is 4.25. The third-order valence-electron chi connectivity index (χ3n) is 2.39. The van der Waals surface area contributed by atoms with Crippen LogP contribution in [0.5, 0.6) is 0 Å². The van der Waals surface area contributed by atoms with E-state index in [0.29, 0.717) is 6.61 Å². The molecule has 2 rings (SSSR count). The molecule has 1 N–H and O–H groups in total. The van der Waals surface area contributed by atoms with Crippen molar-refractivity contribution < 1.29 is 4.74 Å². The minimum Gasteiger partial charge on any atom is -0.378 e. The smallest absolute Gasteiger partial charge is 0.119 e. The number of aromatic nitrogens is 1. The highest BCUT2D eigenvalue weighted by molar-refractivity contribution is 7.15. The molecule has 0 unspecified atom stereocenters. The van der Waals surface area contributed by atoms with Crippen LogP contribution in [0.3, 0.4) is 0 Å². The normalized spacial score (nSPS) is 10.7. The zero-order valence-corrected chi connectivity index (χ0v) is 10.9. The number of methoxy groups -OCH3 is 1. The second-order valence-electron chi connectivity index (χ2n) is 3.71. The lowest BCUT2D eigenvalue weighted by Crippen LogP contribution is -2.06. The van der Waals surface area contributed by atoms with Crippen LogP contribution in [0.4, 0.5) is 0 Å². The highest BCUT2D eigenvalue weighted by Gasteiger charge is 2.11. The highest BCUT2D eigenvalue weighted by Crippen LogP contribution is 2.30. The van der Waals surface area contributed by atoms with Crippen molar-refractivity contribution in [2.24, 2.45) is 0 Å². The summed E-state index contributed by atoms with van der Waals surface area (Å²) in [7, 11) is 3.63. The van der Waals surface area contributed by atoms with E-state index in [1.54, 1.807) is 18.4 Å². The molecule has 90 valence electrons. The zero-order chi connectivity index (χ0) is 12.1. The average molecular weight is 248 g/mol. The Morgan fingerprint density at radius 3 is 2.71 bits per heavy atom. The van der Waals surface area contributed by atoms with Crippen molar-refractivity contribution in [2.75, 3.05) is 14.2 Å². The van der Waals surface area contributed by atoms with Crippen molar-refractivity contribution in [2.45, 2.75) is 13.2 Å². The number of benzene rings is 1. The van der Waals surface area contributed by atoms with Gasteiger partial charge in [-0.3, -0.25) is 0 Å². The van der Waals surface area contributed by atoms with Crippen LogP contribution in [0, 0.1) is 0 Å². The molecule has 0 aliphatic rings. The maximum Gasteiger partial charge on any atom is 0.119 e. The molecule has 0 aliphatic heterocycles. The molecule has 2 aromatic rings. The summed E-state index contributed by atoms with van der Waals surface area (Å²) in [4.78, 5) is 5.83. The van der Waals surface area contributed by atoms with Gasteiger partial charge in [0.25, 0.3) is 0 Å². The Bertz CT molecular complexity index is 468. The third kappa shape index (κ3) is 2.91. The molecule has 1 heterocycles. The van der Waals surface area contributed by atoms with E-state index in [1.165, 1.54) is 10.4 Å². The minimum atomic E-state index is 0.578. The van der Waals surface area contributed by atoms with E-state index in [-0.39, 0.29) is 0 Å². The molecule has 0 fully saturated rings. The number of nitrogens with zero attached hydrogens (tertiary/aromatic N) is 1. The highest BCUT2D eigenvalue weighted by atomic mass is 32.1. The number of thiazole rings is 1. The molecule has 17 heavy (non-hydrogen) atoms. The fraction of sp³-hybridized carbons (Fsp3) is 0.308. The second kappa shape index (κ2) is 5.91. The second-order valence-corrected chi connectivity index (χ2v) is 4.80. The van der Waals surface area contributed by atoms with Crippen LogP contribution in [0.2, 0.25) is 0 Å². The van der Waals surface area contributed by atoms with Crippen molar-refractivity contribution in [1.82, 2.24) is 10.3 Å². The lowest BCUT2D eigenvalue weighted by atomic mass is 10.1. The van der Waals surface area contributed by atoms with Crippen LogP contribution in [0.15, 0.2) is 30.3 Å². The van der Waals surface area contributed by atoms with Gasteiger partial charge in [-0.1, -0.05) is 30.3 Å².